The summed E-state index contributed by atoms with van der Waals surface area (Å²) in [5, 5.41) is 2.13. The quantitative estimate of drug-likeness (QED) is 0.819. The summed E-state index contributed by atoms with van der Waals surface area (Å²) in [6, 6.07) is 6.83. The molecule has 0 aliphatic carbocycles. The van der Waals surface area contributed by atoms with Crippen molar-refractivity contribution >= 4 is 11.9 Å². The summed E-state index contributed by atoms with van der Waals surface area (Å²) in [5.74, 6) is -0.167. The first-order valence-corrected chi connectivity index (χ1v) is 7.98. The number of aliphatic imine (C=N–C) groups is 1. The van der Waals surface area contributed by atoms with Gasteiger partial charge in [0.15, 0.2) is 0 Å². The number of rotatable bonds is 6. The number of unbranched alkanes of at least 4 members (excludes halogenated alkanes) is 1. The summed E-state index contributed by atoms with van der Waals surface area (Å²) >= 11 is 0. The summed E-state index contributed by atoms with van der Waals surface area (Å²) < 4.78 is 13.0. The lowest BCUT2D eigenvalue weighted by Gasteiger charge is -2.26. The zero-order chi connectivity index (χ0) is 15.2. The van der Waals surface area contributed by atoms with E-state index < -0.39 is 0 Å². The number of hydrogen-bond donors (Lipinski definition) is 1. The van der Waals surface area contributed by atoms with Crippen molar-refractivity contribution in [2.24, 2.45) is 4.99 Å². The molecule has 0 spiro atoms. The van der Waals surface area contributed by atoms with E-state index in [9.17, 15) is 4.39 Å². The largest absolute Gasteiger partial charge is 0.308 e. The minimum Gasteiger partial charge on any atom is -0.308 e. The van der Waals surface area contributed by atoms with Gasteiger partial charge in [0.2, 0.25) is 0 Å². The fourth-order valence-corrected chi connectivity index (χ4v) is 2.92. The van der Waals surface area contributed by atoms with Crippen LogP contribution in [-0.2, 0) is 0 Å². The van der Waals surface area contributed by atoms with E-state index in [1.165, 1.54) is 18.4 Å². The van der Waals surface area contributed by atoms with Crippen LogP contribution in [0.25, 0.3) is 5.57 Å². The fourth-order valence-electron chi connectivity index (χ4n) is 2.92. The molecule has 1 aromatic carbocycles. The first-order chi connectivity index (χ1) is 10.8. The second kappa shape index (κ2) is 7.51. The average molecular weight is 302 g/mol. The molecule has 22 heavy (non-hydrogen) atoms. The lowest BCUT2D eigenvalue weighted by Crippen LogP contribution is -2.34. The second-order valence-electron chi connectivity index (χ2n) is 5.84. The number of benzene rings is 1. The van der Waals surface area contributed by atoms with Crippen LogP contribution in [0.15, 0.2) is 35.3 Å². The molecule has 1 N–H and O–H groups in total. The normalized spacial score (nSPS) is 19.2. The van der Waals surface area contributed by atoms with Gasteiger partial charge in [-0.1, -0.05) is 18.2 Å². The highest BCUT2D eigenvalue weighted by Gasteiger charge is 2.13. The number of hydrazine groups is 1. The Bertz CT molecular complexity index is 530. The molecular formula is C17H23FN4. The zero-order valence-electron chi connectivity index (χ0n) is 12.8. The topological polar surface area (TPSA) is 30.9 Å². The van der Waals surface area contributed by atoms with Crippen LogP contribution in [0.5, 0.6) is 0 Å². The molecule has 0 saturated heterocycles. The smallest absolute Gasteiger partial charge is 0.123 e. The molecule has 3 rings (SSSR count). The van der Waals surface area contributed by atoms with Crippen molar-refractivity contribution in [2.75, 3.05) is 32.8 Å². The number of nitrogens with one attached hydrogen (secondary N) is 1. The Morgan fingerprint density at radius 3 is 2.64 bits per heavy atom. The van der Waals surface area contributed by atoms with Crippen molar-refractivity contribution < 1.29 is 4.39 Å². The molecule has 2 heterocycles. The standard InChI is InChI=1S/C17H23FN4/c18-17-5-3-15(4-6-17)16-7-11-21(12-8-16)9-1-2-10-22-14-19-13-20-22/h3-7,13H,1-2,8-12,14H2,(H,19,20). The maximum atomic E-state index is 13.0. The van der Waals surface area contributed by atoms with E-state index in [-0.39, 0.29) is 5.82 Å². The first-order valence-electron chi connectivity index (χ1n) is 7.98. The van der Waals surface area contributed by atoms with Gasteiger partial charge in [-0.3, -0.25) is 9.89 Å². The van der Waals surface area contributed by atoms with Crippen LogP contribution in [-0.4, -0.2) is 49.1 Å². The van der Waals surface area contributed by atoms with Crippen LogP contribution < -0.4 is 5.43 Å². The minimum atomic E-state index is -0.167. The Hall–Kier alpha value is -1.72. The highest BCUT2D eigenvalue weighted by Crippen LogP contribution is 2.22. The van der Waals surface area contributed by atoms with Crippen LogP contribution in [0.2, 0.25) is 0 Å². The molecule has 0 unspecified atom stereocenters. The Morgan fingerprint density at radius 2 is 1.95 bits per heavy atom. The number of halogens is 1. The predicted molar refractivity (Wildman–Crippen MR) is 87.9 cm³/mol. The van der Waals surface area contributed by atoms with E-state index in [1.807, 2.05) is 12.1 Å². The molecule has 0 atom stereocenters. The molecule has 0 bridgehead atoms. The van der Waals surface area contributed by atoms with E-state index in [4.69, 9.17) is 0 Å². The van der Waals surface area contributed by atoms with E-state index in [2.05, 4.69) is 26.4 Å². The molecule has 2 aliphatic rings. The van der Waals surface area contributed by atoms with E-state index in [0.717, 1.165) is 44.8 Å². The number of nitrogens with zero attached hydrogens (tertiary/aromatic N) is 3. The molecule has 0 amide bonds. The van der Waals surface area contributed by atoms with Gasteiger partial charge in [-0.25, -0.2) is 9.40 Å². The monoisotopic (exact) mass is 302 g/mol. The maximum absolute atomic E-state index is 13.0. The molecule has 2 aliphatic heterocycles. The van der Waals surface area contributed by atoms with Crippen molar-refractivity contribution in [1.29, 1.82) is 0 Å². The summed E-state index contributed by atoms with van der Waals surface area (Å²) in [6.07, 6.45) is 7.48. The van der Waals surface area contributed by atoms with Crippen molar-refractivity contribution in [3.05, 3.63) is 41.7 Å². The van der Waals surface area contributed by atoms with Gasteiger partial charge in [-0.2, -0.15) is 0 Å². The first kappa shape index (κ1) is 15.2. The molecule has 0 radical (unpaired) electrons. The highest BCUT2D eigenvalue weighted by molar-refractivity contribution is 5.66. The van der Waals surface area contributed by atoms with Crippen molar-refractivity contribution in [1.82, 2.24) is 15.3 Å². The molecule has 118 valence electrons. The van der Waals surface area contributed by atoms with Gasteiger partial charge in [-0.15, -0.1) is 0 Å². The van der Waals surface area contributed by atoms with Crippen LogP contribution in [0.4, 0.5) is 4.39 Å². The van der Waals surface area contributed by atoms with E-state index in [0.29, 0.717) is 0 Å². The SMILES string of the molecule is Fc1ccc(C2=CCN(CCCCN3CN=CN3)CC2)cc1. The molecule has 4 nitrogen and oxygen atoms in total. The van der Waals surface area contributed by atoms with Gasteiger partial charge in [-0.05, 0) is 49.1 Å². The van der Waals surface area contributed by atoms with Crippen LogP contribution in [0.3, 0.4) is 0 Å². The molecule has 5 heteroatoms. The summed E-state index contributed by atoms with van der Waals surface area (Å²) in [4.78, 5) is 6.61. The van der Waals surface area contributed by atoms with Gasteiger partial charge >= 0.3 is 0 Å². The summed E-state index contributed by atoms with van der Waals surface area (Å²) in [5.41, 5.74) is 5.61. The van der Waals surface area contributed by atoms with Gasteiger partial charge in [0.25, 0.3) is 0 Å². The third-order valence-corrected chi connectivity index (χ3v) is 4.24. The third kappa shape index (κ3) is 4.15. The van der Waals surface area contributed by atoms with Gasteiger partial charge in [0.05, 0.1) is 6.34 Å². The highest BCUT2D eigenvalue weighted by atomic mass is 19.1. The lowest BCUT2D eigenvalue weighted by molar-refractivity contribution is 0.244. The lowest BCUT2D eigenvalue weighted by atomic mass is 9.99. The van der Waals surface area contributed by atoms with E-state index >= 15 is 0 Å². The van der Waals surface area contributed by atoms with Gasteiger partial charge < -0.3 is 5.43 Å². The van der Waals surface area contributed by atoms with Gasteiger partial charge in [0.1, 0.15) is 12.5 Å². The van der Waals surface area contributed by atoms with Gasteiger partial charge in [0, 0.05) is 19.6 Å². The van der Waals surface area contributed by atoms with Crippen molar-refractivity contribution in [2.45, 2.75) is 19.3 Å². The molecule has 0 saturated carbocycles. The second-order valence-corrected chi connectivity index (χ2v) is 5.84. The van der Waals surface area contributed by atoms with Crippen LogP contribution in [0.1, 0.15) is 24.8 Å². The Morgan fingerprint density at radius 1 is 1.14 bits per heavy atom. The Labute approximate surface area is 131 Å². The third-order valence-electron chi connectivity index (χ3n) is 4.24. The Kier molecular flexibility index (Phi) is 5.19. The fraction of sp³-hybridized carbons (Fsp3) is 0.471. The predicted octanol–water partition coefficient (Wildman–Crippen LogP) is 2.50. The van der Waals surface area contributed by atoms with E-state index in [1.54, 1.807) is 18.5 Å². The molecule has 0 aromatic heterocycles. The molecular weight excluding hydrogens is 279 g/mol. The zero-order valence-corrected chi connectivity index (χ0v) is 12.8. The summed E-state index contributed by atoms with van der Waals surface area (Å²) in [7, 11) is 0. The molecule has 0 fully saturated rings. The summed E-state index contributed by atoms with van der Waals surface area (Å²) in [6.45, 7) is 5.05. The number of hydrogen-bond acceptors (Lipinski definition) is 4. The molecule has 1 aromatic rings. The van der Waals surface area contributed by atoms with Crippen LogP contribution >= 0.6 is 0 Å². The Balaban J connectivity index is 1.38. The van der Waals surface area contributed by atoms with Crippen molar-refractivity contribution in [3.8, 4) is 0 Å². The minimum absolute atomic E-state index is 0.167. The van der Waals surface area contributed by atoms with Crippen LogP contribution in [0, 0.1) is 5.82 Å². The average Bonchev–Trinajstić information content (AvgIpc) is 3.06. The maximum Gasteiger partial charge on any atom is 0.123 e. The van der Waals surface area contributed by atoms with Crippen molar-refractivity contribution in [3.63, 3.8) is 0 Å².